The summed E-state index contributed by atoms with van der Waals surface area (Å²) in [5, 5.41) is 10.7. The third kappa shape index (κ3) is 7.85. The van der Waals surface area contributed by atoms with Gasteiger partial charge in [-0.1, -0.05) is 6.07 Å². The fourth-order valence-corrected chi connectivity index (χ4v) is 1.74. The van der Waals surface area contributed by atoms with Crippen LogP contribution in [0.15, 0.2) is 24.3 Å². The summed E-state index contributed by atoms with van der Waals surface area (Å²) in [7, 11) is 0. The van der Waals surface area contributed by atoms with E-state index < -0.39 is 6.03 Å². The molecule has 126 valence electrons. The van der Waals surface area contributed by atoms with Crippen molar-refractivity contribution in [1.29, 1.82) is 0 Å². The lowest BCUT2D eigenvalue weighted by molar-refractivity contribution is -0.118. The zero-order valence-corrected chi connectivity index (χ0v) is 13.9. The first kappa shape index (κ1) is 18.5. The fourth-order valence-electron chi connectivity index (χ4n) is 1.74. The highest BCUT2D eigenvalue weighted by Crippen LogP contribution is 2.12. The second-order valence-electron chi connectivity index (χ2n) is 6.15. The predicted molar refractivity (Wildman–Crippen MR) is 89.4 cm³/mol. The summed E-state index contributed by atoms with van der Waals surface area (Å²) in [5.41, 5.74) is 0.654. The van der Waals surface area contributed by atoms with Crippen molar-refractivity contribution in [3.05, 3.63) is 29.8 Å². The van der Waals surface area contributed by atoms with Crippen LogP contribution in [0.25, 0.3) is 0 Å². The summed E-state index contributed by atoms with van der Waals surface area (Å²) in [5.74, 6) is -0.350. The fraction of sp³-hybridized carbons (Fsp3) is 0.438. The highest BCUT2D eigenvalue weighted by molar-refractivity contribution is 5.97. The van der Waals surface area contributed by atoms with Crippen molar-refractivity contribution in [2.24, 2.45) is 0 Å². The molecule has 4 N–H and O–H groups in total. The molecule has 0 atom stereocenters. The van der Waals surface area contributed by atoms with Crippen LogP contribution in [0.5, 0.6) is 0 Å². The number of carbonyl (C=O) groups excluding carboxylic acids is 3. The topological polar surface area (TPSA) is 99.3 Å². The normalized spacial score (nSPS) is 10.6. The third-order valence-electron chi connectivity index (χ3n) is 2.66. The van der Waals surface area contributed by atoms with Gasteiger partial charge in [-0.15, -0.1) is 0 Å². The maximum absolute atomic E-state index is 12.1. The van der Waals surface area contributed by atoms with E-state index in [1.165, 1.54) is 6.92 Å². The van der Waals surface area contributed by atoms with Gasteiger partial charge in [0.05, 0.1) is 0 Å². The van der Waals surface area contributed by atoms with Crippen LogP contribution < -0.4 is 21.3 Å². The maximum Gasteiger partial charge on any atom is 0.319 e. The number of benzene rings is 1. The summed E-state index contributed by atoms with van der Waals surface area (Å²) in [4.78, 5) is 34.5. The lowest BCUT2D eigenvalue weighted by Gasteiger charge is -2.20. The zero-order valence-electron chi connectivity index (χ0n) is 13.9. The van der Waals surface area contributed by atoms with Gasteiger partial charge in [-0.3, -0.25) is 9.59 Å². The number of carbonyl (C=O) groups is 3. The van der Waals surface area contributed by atoms with E-state index in [1.807, 2.05) is 20.8 Å². The average molecular weight is 320 g/mol. The second-order valence-corrected chi connectivity index (χ2v) is 6.15. The standard InChI is InChI=1S/C16H24N4O3/c1-11(21)17-8-9-18-15(23)19-13-7-5-6-12(10-13)14(22)20-16(2,3)4/h5-7,10H,8-9H2,1-4H3,(H,17,21)(H,20,22)(H2,18,19,23). The molecule has 0 aliphatic heterocycles. The molecule has 0 aliphatic carbocycles. The smallest absolute Gasteiger partial charge is 0.319 e. The summed E-state index contributed by atoms with van der Waals surface area (Å²) >= 11 is 0. The molecule has 0 aromatic heterocycles. The van der Waals surface area contributed by atoms with Crippen LogP contribution in [-0.2, 0) is 4.79 Å². The molecule has 1 aromatic rings. The van der Waals surface area contributed by atoms with Crippen molar-refractivity contribution < 1.29 is 14.4 Å². The summed E-state index contributed by atoms with van der Waals surface area (Å²) < 4.78 is 0. The van der Waals surface area contributed by atoms with Gasteiger partial charge in [-0.05, 0) is 39.0 Å². The Bertz CT molecular complexity index is 579. The van der Waals surface area contributed by atoms with Crippen molar-refractivity contribution in [3.8, 4) is 0 Å². The molecule has 0 heterocycles. The van der Waals surface area contributed by atoms with Gasteiger partial charge < -0.3 is 21.3 Å². The summed E-state index contributed by atoms with van der Waals surface area (Å²) in [6, 6.07) is 6.28. The van der Waals surface area contributed by atoms with Gasteiger partial charge in [0.2, 0.25) is 5.91 Å². The molecule has 0 unspecified atom stereocenters. The Labute approximate surface area is 136 Å². The molecule has 0 saturated heterocycles. The van der Waals surface area contributed by atoms with Crippen molar-refractivity contribution in [2.75, 3.05) is 18.4 Å². The van der Waals surface area contributed by atoms with Crippen molar-refractivity contribution in [2.45, 2.75) is 33.2 Å². The Kier molecular flexibility index (Phi) is 6.56. The highest BCUT2D eigenvalue weighted by Gasteiger charge is 2.15. The maximum atomic E-state index is 12.1. The van der Waals surface area contributed by atoms with Crippen LogP contribution >= 0.6 is 0 Å². The quantitative estimate of drug-likeness (QED) is 0.618. The third-order valence-corrected chi connectivity index (χ3v) is 2.66. The van der Waals surface area contributed by atoms with Gasteiger partial charge in [0.1, 0.15) is 0 Å². The van der Waals surface area contributed by atoms with Gasteiger partial charge in [0, 0.05) is 36.8 Å². The van der Waals surface area contributed by atoms with Crippen LogP contribution in [0.1, 0.15) is 38.1 Å². The molecule has 23 heavy (non-hydrogen) atoms. The molecule has 1 aromatic carbocycles. The number of anilines is 1. The van der Waals surface area contributed by atoms with Gasteiger partial charge >= 0.3 is 6.03 Å². The SMILES string of the molecule is CC(=O)NCCNC(=O)Nc1cccc(C(=O)NC(C)(C)C)c1. The number of urea groups is 1. The Morgan fingerprint density at radius 1 is 1.04 bits per heavy atom. The molecule has 7 heteroatoms. The Morgan fingerprint density at radius 3 is 2.30 bits per heavy atom. The molecule has 0 fully saturated rings. The molecule has 0 saturated carbocycles. The first-order valence-electron chi connectivity index (χ1n) is 7.39. The van der Waals surface area contributed by atoms with E-state index in [0.717, 1.165) is 0 Å². The van der Waals surface area contributed by atoms with E-state index in [-0.39, 0.29) is 17.4 Å². The first-order valence-corrected chi connectivity index (χ1v) is 7.39. The lowest BCUT2D eigenvalue weighted by Crippen LogP contribution is -2.40. The Balaban J connectivity index is 2.55. The van der Waals surface area contributed by atoms with Crippen molar-refractivity contribution in [3.63, 3.8) is 0 Å². The monoisotopic (exact) mass is 320 g/mol. The van der Waals surface area contributed by atoms with Crippen LogP contribution in [-0.4, -0.2) is 36.5 Å². The van der Waals surface area contributed by atoms with Crippen LogP contribution in [0.3, 0.4) is 0 Å². The van der Waals surface area contributed by atoms with Gasteiger partial charge in [0.25, 0.3) is 5.91 Å². The minimum Gasteiger partial charge on any atom is -0.355 e. The lowest BCUT2D eigenvalue weighted by atomic mass is 10.1. The zero-order chi connectivity index (χ0) is 17.5. The van der Waals surface area contributed by atoms with Crippen molar-refractivity contribution in [1.82, 2.24) is 16.0 Å². The highest BCUT2D eigenvalue weighted by atomic mass is 16.2. The molecular formula is C16H24N4O3. The van der Waals surface area contributed by atoms with Crippen LogP contribution in [0.4, 0.5) is 10.5 Å². The van der Waals surface area contributed by atoms with E-state index in [4.69, 9.17) is 0 Å². The molecule has 1 rings (SSSR count). The molecular weight excluding hydrogens is 296 g/mol. The van der Waals surface area contributed by atoms with E-state index in [2.05, 4.69) is 21.3 Å². The van der Waals surface area contributed by atoms with Crippen molar-refractivity contribution >= 4 is 23.5 Å². The average Bonchev–Trinajstić information content (AvgIpc) is 2.42. The number of amides is 4. The minimum atomic E-state index is -0.399. The molecule has 4 amide bonds. The molecule has 0 spiro atoms. The predicted octanol–water partition coefficient (Wildman–Crippen LogP) is 1.47. The second kappa shape index (κ2) is 8.17. The Hall–Kier alpha value is -2.57. The number of hydrogen-bond acceptors (Lipinski definition) is 3. The molecule has 0 aliphatic rings. The Morgan fingerprint density at radius 2 is 1.70 bits per heavy atom. The molecule has 0 radical (unpaired) electrons. The molecule has 7 nitrogen and oxygen atoms in total. The first-order chi connectivity index (χ1) is 10.7. The summed E-state index contributed by atoms with van der Waals surface area (Å²) in [6.07, 6.45) is 0. The van der Waals surface area contributed by atoms with Gasteiger partial charge in [-0.25, -0.2) is 4.79 Å². The van der Waals surface area contributed by atoms with E-state index >= 15 is 0 Å². The van der Waals surface area contributed by atoms with Gasteiger partial charge in [0.15, 0.2) is 0 Å². The summed E-state index contributed by atoms with van der Waals surface area (Å²) in [6.45, 7) is 7.78. The number of nitrogens with one attached hydrogen (secondary N) is 4. The minimum absolute atomic E-state index is 0.148. The number of hydrogen-bond donors (Lipinski definition) is 4. The molecule has 0 bridgehead atoms. The number of rotatable bonds is 5. The van der Waals surface area contributed by atoms with E-state index in [0.29, 0.717) is 24.3 Å². The van der Waals surface area contributed by atoms with Crippen LogP contribution in [0, 0.1) is 0 Å². The van der Waals surface area contributed by atoms with Crippen LogP contribution in [0.2, 0.25) is 0 Å². The largest absolute Gasteiger partial charge is 0.355 e. The van der Waals surface area contributed by atoms with E-state index in [9.17, 15) is 14.4 Å². The van der Waals surface area contributed by atoms with E-state index in [1.54, 1.807) is 24.3 Å². The van der Waals surface area contributed by atoms with Gasteiger partial charge in [-0.2, -0.15) is 0 Å².